The van der Waals surface area contributed by atoms with Crippen molar-refractivity contribution >= 4 is 5.82 Å². The zero-order valence-corrected chi connectivity index (χ0v) is 7.83. The number of anilines is 1. The molecule has 0 aromatic carbocycles. The fourth-order valence-electron chi connectivity index (χ4n) is 0.868. The minimum atomic E-state index is 0.242. The van der Waals surface area contributed by atoms with E-state index in [4.69, 9.17) is 11.0 Å². The van der Waals surface area contributed by atoms with Gasteiger partial charge in [-0.1, -0.05) is 11.8 Å². The first kappa shape index (κ1) is 10.0. The van der Waals surface area contributed by atoms with Gasteiger partial charge in [0.1, 0.15) is 11.9 Å². The van der Waals surface area contributed by atoms with Crippen molar-refractivity contribution in [1.82, 2.24) is 10.3 Å². The molecule has 0 saturated heterocycles. The van der Waals surface area contributed by atoms with Crippen LogP contribution < -0.4 is 11.1 Å². The van der Waals surface area contributed by atoms with E-state index in [2.05, 4.69) is 22.1 Å². The molecule has 0 spiro atoms. The molecule has 1 aromatic heterocycles. The number of aromatic nitrogens is 1. The molecule has 4 nitrogen and oxygen atoms in total. The maximum Gasteiger partial charge on any atom is 0.141 e. The van der Waals surface area contributed by atoms with Crippen LogP contribution >= 0.6 is 0 Å². The summed E-state index contributed by atoms with van der Waals surface area (Å²) < 4.78 is 0. The van der Waals surface area contributed by atoms with Gasteiger partial charge in [0.25, 0.3) is 0 Å². The minimum absolute atomic E-state index is 0.242. The summed E-state index contributed by atoms with van der Waals surface area (Å²) in [4.78, 5) is 3.86. The summed E-state index contributed by atoms with van der Waals surface area (Å²) in [5.41, 5.74) is 6.52. The Morgan fingerprint density at radius 1 is 1.64 bits per heavy atom. The lowest BCUT2D eigenvalue weighted by atomic mass is 10.2. The molecule has 0 bridgehead atoms. The van der Waals surface area contributed by atoms with Crippen LogP contribution in [0.15, 0.2) is 12.3 Å². The van der Waals surface area contributed by atoms with Crippen molar-refractivity contribution in [1.29, 1.82) is 5.26 Å². The van der Waals surface area contributed by atoms with E-state index < -0.39 is 0 Å². The Morgan fingerprint density at radius 3 is 3.07 bits per heavy atom. The normalized spacial score (nSPS) is 8.57. The average Bonchev–Trinajstić information content (AvgIpc) is 2.21. The first-order valence-electron chi connectivity index (χ1n) is 4.07. The van der Waals surface area contributed by atoms with E-state index in [9.17, 15) is 0 Å². The summed E-state index contributed by atoms with van der Waals surface area (Å²) in [5, 5.41) is 11.6. The van der Waals surface area contributed by atoms with E-state index in [1.54, 1.807) is 12.3 Å². The number of rotatable bonds is 1. The summed E-state index contributed by atoms with van der Waals surface area (Å²) in [7, 11) is 1.82. The molecule has 0 unspecified atom stereocenters. The highest BCUT2D eigenvalue weighted by Crippen LogP contribution is 2.07. The largest absolute Gasteiger partial charge is 0.383 e. The van der Waals surface area contributed by atoms with Crippen LogP contribution in [0.25, 0.3) is 0 Å². The third-order valence-electron chi connectivity index (χ3n) is 1.54. The van der Waals surface area contributed by atoms with Gasteiger partial charge in [0, 0.05) is 11.8 Å². The number of nitrogens with one attached hydrogen (secondary N) is 1. The second kappa shape index (κ2) is 4.86. The molecular formula is C10H10N4. The third-order valence-corrected chi connectivity index (χ3v) is 1.54. The molecule has 0 amide bonds. The average molecular weight is 186 g/mol. The molecule has 1 rings (SSSR count). The Kier molecular flexibility index (Phi) is 3.49. The molecule has 0 aliphatic heterocycles. The van der Waals surface area contributed by atoms with Crippen LogP contribution in [0.3, 0.4) is 0 Å². The van der Waals surface area contributed by atoms with Gasteiger partial charge in [-0.05, 0) is 13.1 Å². The van der Waals surface area contributed by atoms with Crippen molar-refractivity contribution < 1.29 is 0 Å². The molecule has 0 aliphatic rings. The number of nitrogen functional groups attached to an aromatic ring is 1. The summed E-state index contributed by atoms with van der Waals surface area (Å²) in [5.74, 6) is 5.98. The van der Waals surface area contributed by atoms with E-state index in [-0.39, 0.29) is 5.82 Å². The number of hydrogen-bond donors (Lipinski definition) is 2. The monoisotopic (exact) mass is 186 g/mol. The van der Waals surface area contributed by atoms with Crippen molar-refractivity contribution in [3.63, 3.8) is 0 Å². The van der Waals surface area contributed by atoms with Crippen LogP contribution in [-0.4, -0.2) is 18.6 Å². The fourth-order valence-corrected chi connectivity index (χ4v) is 0.868. The molecular weight excluding hydrogens is 176 g/mol. The molecule has 70 valence electrons. The first-order valence-corrected chi connectivity index (χ1v) is 4.07. The molecule has 14 heavy (non-hydrogen) atoms. The molecule has 1 heterocycles. The van der Waals surface area contributed by atoms with Crippen LogP contribution in [0.4, 0.5) is 5.82 Å². The minimum Gasteiger partial charge on any atom is -0.383 e. The zero-order valence-electron chi connectivity index (χ0n) is 7.83. The lowest BCUT2D eigenvalue weighted by Gasteiger charge is -1.95. The Hall–Kier alpha value is -2.04. The molecule has 0 fully saturated rings. The third kappa shape index (κ3) is 2.48. The molecule has 4 heteroatoms. The Bertz CT molecular complexity index is 420. The Morgan fingerprint density at radius 2 is 2.43 bits per heavy atom. The van der Waals surface area contributed by atoms with Gasteiger partial charge in [-0.25, -0.2) is 4.98 Å². The van der Waals surface area contributed by atoms with Gasteiger partial charge in [0.05, 0.1) is 12.1 Å². The number of nitrogens with two attached hydrogens (primary N) is 1. The Labute approximate surface area is 82.8 Å². The van der Waals surface area contributed by atoms with Gasteiger partial charge in [-0.15, -0.1) is 0 Å². The number of pyridine rings is 1. The van der Waals surface area contributed by atoms with Crippen molar-refractivity contribution in [2.75, 3.05) is 19.3 Å². The van der Waals surface area contributed by atoms with Gasteiger partial charge in [0.2, 0.25) is 0 Å². The van der Waals surface area contributed by atoms with Crippen LogP contribution in [0.1, 0.15) is 11.1 Å². The number of hydrogen-bond acceptors (Lipinski definition) is 4. The highest BCUT2D eigenvalue weighted by atomic mass is 14.8. The van der Waals surface area contributed by atoms with E-state index in [1.807, 2.05) is 13.1 Å². The molecule has 0 atom stereocenters. The van der Waals surface area contributed by atoms with E-state index >= 15 is 0 Å². The van der Waals surface area contributed by atoms with Crippen molar-refractivity contribution in [2.45, 2.75) is 0 Å². The van der Waals surface area contributed by atoms with Crippen molar-refractivity contribution in [3.05, 3.63) is 23.4 Å². The summed E-state index contributed by atoms with van der Waals surface area (Å²) in [6.45, 7) is 0.603. The topological polar surface area (TPSA) is 74.7 Å². The predicted molar refractivity (Wildman–Crippen MR) is 54.2 cm³/mol. The number of nitriles is 1. The summed E-state index contributed by atoms with van der Waals surface area (Å²) in [6, 6.07) is 3.59. The molecule has 0 saturated carbocycles. The molecule has 3 N–H and O–H groups in total. The van der Waals surface area contributed by atoms with Gasteiger partial charge in [-0.2, -0.15) is 5.26 Å². The first-order chi connectivity index (χ1) is 6.77. The van der Waals surface area contributed by atoms with Gasteiger partial charge in [-0.3, -0.25) is 0 Å². The lowest BCUT2D eigenvalue weighted by molar-refractivity contribution is 0.938. The van der Waals surface area contributed by atoms with Crippen LogP contribution in [0.5, 0.6) is 0 Å². The highest BCUT2D eigenvalue weighted by Gasteiger charge is 1.98. The fraction of sp³-hybridized carbons (Fsp3) is 0.200. The summed E-state index contributed by atoms with van der Waals surface area (Å²) in [6.07, 6.45) is 1.55. The van der Waals surface area contributed by atoms with E-state index in [0.717, 1.165) is 0 Å². The number of nitrogens with zero attached hydrogens (tertiary/aromatic N) is 2. The maximum absolute atomic E-state index is 8.68. The summed E-state index contributed by atoms with van der Waals surface area (Å²) >= 11 is 0. The molecule has 0 radical (unpaired) electrons. The Balaban J connectivity index is 2.93. The molecule has 0 aliphatic carbocycles. The smallest absolute Gasteiger partial charge is 0.141 e. The van der Waals surface area contributed by atoms with Crippen LogP contribution in [-0.2, 0) is 0 Å². The van der Waals surface area contributed by atoms with E-state index in [0.29, 0.717) is 17.7 Å². The highest BCUT2D eigenvalue weighted by molar-refractivity contribution is 5.52. The van der Waals surface area contributed by atoms with Crippen molar-refractivity contribution in [3.8, 4) is 17.9 Å². The molecule has 1 aromatic rings. The second-order valence-electron chi connectivity index (χ2n) is 2.60. The quantitative estimate of drug-likeness (QED) is 0.610. The van der Waals surface area contributed by atoms with Crippen LogP contribution in [0, 0.1) is 23.2 Å². The van der Waals surface area contributed by atoms with Gasteiger partial charge >= 0.3 is 0 Å². The van der Waals surface area contributed by atoms with Gasteiger partial charge < -0.3 is 11.1 Å². The predicted octanol–water partition coefficient (Wildman–Crippen LogP) is 0.106. The lowest BCUT2D eigenvalue weighted by Crippen LogP contribution is -2.04. The van der Waals surface area contributed by atoms with Crippen LogP contribution in [0.2, 0.25) is 0 Å². The maximum atomic E-state index is 8.68. The van der Waals surface area contributed by atoms with Crippen molar-refractivity contribution in [2.24, 2.45) is 0 Å². The van der Waals surface area contributed by atoms with Gasteiger partial charge in [0.15, 0.2) is 0 Å². The second-order valence-corrected chi connectivity index (χ2v) is 2.60. The zero-order chi connectivity index (χ0) is 10.4. The van der Waals surface area contributed by atoms with E-state index in [1.165, 1.54) is 0 Å². The standard InChI is InChI=1S/C10H10N4/c1-13-4-2-3-8-5-9(6-11)10(12)14-7-8/h5,7,13H,4H2,1H3,(H2,12,14). The SMILES string of the molecule is CNCC#Cc1cnc(N)c(C#N)c1.